The summed E-state index contributed by atoms with van der Waals surface area (Å²) in [6.07, 6.45) is 4.91. The molecular formula is C12H19N3O2S. The van der Waals surface area contributed by atoms with Crippen molar-refractivity contribution in [2.75, 3.05) is 25.4 Å². The summed E-state index contributed by atoms with van der Waals surface area (Å²) in [5.74, 6) is -0.0705. The van der Waals surface area contributed by atoms with Gasteiger partial charge in [0, 0.05) is 25.5 Å². The topological polar surface area (TPSA) is 58.4 Å². The molecule has 2 rings (SSSR count). The fraction of sp³-hybridized carbons (Fsp3) is 0.667. The Balaban J connectivity index is 1.89. The highest BCUT2D eigenvalue weighted by molar-refractivity contribution is 7.99. The third-order valence-corrected chi connectivity index (χ3v) is 4.26. The minimum Gasteiger partial charge on any atom is -0.481 e. The Bertz CT molecular complexity index is 408. The fourth-order valence-corrected chi connectivity index (χ4v) is 3.02. The van der Waals surface area contributed by atoms with E-state index in [0.717, 1.165) is 24.8 Å². The van der Waals surface area contributed by atoms with E-state index in [1.807, 2.05) is 6.20 Å². The third kappa shape index (κ3) is 3.49. The molecule has 6 heteroatoms. The molecule has 100 valence electrons. The summed E-state index contributed by atoms with van der Waals surface area (Å²) < 4.78 is 2.08. The standard InChI is InChI=1S/C12H19N3O2S/c1-2-14-5-3-10(7-14)8-15-6-4-13-12(15)18-9-11(16)17/h4,6,10H,2-3,5,7-9H2,1H3,(H,16,17). The number of carbonyl (C=O) groups is 1. The number of thioether (sulfide) groups is 1. The van der Waals surface area contributed by atoms with Crippen molar-refractivity contribution in [1.82, 2.24) is 14.5 Å². The van der Waals surface area contributed by atoms with E-state index in [2.05, 4.69) is 21.4 Å². The average Bonchev–Trinajstić information content (AvgIpc) is 2.96. The van der Waals surface area contributed by atoms with Crippen LogP contribution in [-0.4, -0.2) is 50.9 Å². The lowest BCUT2D eigenvalue weighted by Crippen LogP contribution is -2.21. The van der Waals surface area contributed by atoms with Crippen LogP contribution >= 0.6 is 11.8 Å². The molecule has 1 N–H and O–H groups in total. The van der Waals surface area contributed by atoms with Crippen molar-refractivity contribution in [1.29, 1.82) is 0 Å². The summed E-state index contributed by atoms with van der Waals surface area (Å²) in [5.41, 5.74) is 0. The number of nitrogens with zero attached hydrogens (tertiary/aromatic N) is 3. The van der Waals surface area contributed by atoms with Gasteiger partial charge in [0.05, 0.1) is 5.75 Å². The zero-order chi connectivity index (χ0) is 13.0. The van der Waals surface area contributed by atoms with Gasteiger partial charge in [-0.3, -0.25) is 4.79 Å². The van der Waals surface area contributed by atoms with Gasteiger partial charge in [-0.15, -0.1) is 0 Å². The van der Waals surface area contributed by atoms with Crippen molar-refractivity contribution in [3.05, 3.63) is 12.4 Å². The molecule has 0 aromatic carbocycles. The molecule has 0 amide bonds. The van der Waals surface area contributed by atoms with Crippen molar-refractivity contribution in [2.45, 2.75) is 25.0 Å². The van der Waals surface area contributed by atoms with Gasteiger partial charge in [-0.25, -0.2) is 4.98 Å². The number of aliphatic carboxylic acids is 1. The first-order valence-electron chi connectivity index (χ1n) is 6.27. The maximum absolute atomic E-state index is 10.6. The molecule has 1 unspecified atom stereocenters. The number of likely N-dealkylation sites (tertiary alicyclic amines) is 1. The summed E-state index contributed by atoms with van der Waals surface area (Å²) in [5, 5.41) is 9.50. The Kier molecular flexibility index (Phi) is 4.66. The predicted molar refractivity (Wildman–Crippen MR) is 70.8 cm³/mol. The molecule has 1 atom stereocenters. The van der Waals surface area contributed by atoms with E-state index >= 15 is 0 Å². The van der Waals surface area contributed by atoms with E-state index < -0.39 is 5.97 Å². The van der Waals surface area contributed by atoms with Gasteiger partial charge in [0.25, 0.3) is 0 Å². The van der Waals surface area contributed by atoms with Gasteiger partial charge in [-0.2, -0.15) is 0 Å². The Morgan fingerprint density at radius 2 is 2.50 bits per heavy atom. The van der Waals surface area contributed by atoms with Crippen molar-refractivity contribution in [3.63, 3.8) is 0 Å². The molecule has 1 fully saturated rings. The smallest absolute Gasteiger partial charge is 0.313 e. The molecule has 1 saturated heterocycles. The number of hydrogen-bond acceptors (Lipinski definition) is 4. The van der Waals surface area contributed by atoms with Gasteiger partial charge in [0.15, 0.2) is 5.16 Å². The highest BCUT2D eigenvalue weighted by atomic mass is 32.2. The molecule has 1 aliphatic rings. The monoisotopic (exact) mass is 269 g/mol. The SMILES string of the molecule is CCN1CCC(Cn2ccnc2SCC(=O)O)C1. The zero-order valence-electron chi connectivity index (χ0n) is 10.6. The quantitative estimate of drug-likeness (QED) is 0.791. The van der Waals surface area contributed by atoms with E-state index in [9.17, 15) is 4.79 Å². The van der Waals surface area contributed by atoms with Gasteiger partial charge >= 0.3 is 5.97 Å². The Morgan fingerprint density at radius 3 is 3.17 bits per heavy atom. The number of aromatic nitrogens is 2. The van der Waals surface area contributed by atoms with Crippen molar-refractivity contribution < 1.29 is 9.90 Å². The molecule has 18 heavy (non-hydrogen) atoms. The van der Waals surface area contributed by atoms with Crippen LogP contribution in [0, 0.1) is 5.92 Å². The molecule has 2 heterocycles. The van der Waals surface area contributed by atoms with Gasteiger partial charge in [-0.1, -0.05) is 18.7 Å². The maximum atomic E-state index is 10.6. The van der Waals surface area contributed by atoms with Gasteiger partial charge in [-0.05, 0) is 25.4 Å². The summed E-state index contributed by atoms with van der Waals surface area (Å²) in [6.45, 7) is 6.55. The molecule has 0 saturated carbocycles. The molecule has 1 aromatic rings. The lowest BCUT2D eigenvalue weighted by molar-refractivity contribution is -0.133. The molecular weight excluding hydrogens is 250 g/mol. The first-order chi connectivity index (χ1) is 8.69. The summed E-state index contributed by atoms with van der Waals surface area (Å²) in [6, 6.07) is 0. The largest absolute Gasteiger partial charge is 0.481 e. The van der Waals surface area contributed by atoms with E-state index in [-0.39, 0.29) is 5.75 Å². The number of hydrogen-bond donors (Lipinski definition) is 1. The highest BCUT2D eigenvalue weighted by Crippen LogP contribution is 2.21. The molecule has 1 aliphatic heterocycles. The van der Waals surface area contributed by atoms with Crippen LogP contribution in [0.25, 0.3) is 0 Å². The zero-order valence-corrected chi connectivity index (χ0v) is 11.4. The fourth-order valence-electron chi connectivity index (χ4n) is 2.33. The van der Waals surface area contributed by atoms with E-state index in [1.165, 1.54) is 24.7 Å². The molecule has 0 radical (unpaired) electrons. The normalized spacial score (nSPS) is 20.4. The van der Waals surface area contributed by atoms with Gasteiger partial charge < -0.3 is 14.6 Å². The lowest BCUT2D eigenvalue weighted by atomic mass is 10.1. The third-order valence-electron chi connectivity index (χ3n) is 3.27. The van der Waals surface area contributed by atoms with Crippen LogP contribution in [0.2, 0.25) is 0 Å². The number of imidazole rings is 1. The van der Waals surface area contributed by atoms with Crippen LogP contribution in [0.5, 0.6) is 0 Å². The predicted octanol–water partition coefficient (Wildman–Crippen LogP) is 1.40. The molecule has 0 bridgehead atoms. The minimum absolute atomic E-state index is 0.0722. The summed E-state index contributed by atoms with van der Waals surface area (Å²) >= 11 is 1.29. The highest BCUT2D eigenvalue weighted by Gasteiger charge is 2.22. The first-order valence-corrected chi connectivity index (χ1v) is 7.25. The van der Waals surface area contributed by atoms with Crippen molar-refractivity contribution >= 4 is 17.7 Å². The van der Waals surface area contributed by atoms with Crippen LogP contribution in [0.4, 0.5) is 0 Å². The second-order valence-corrected chi connectivity index (χ2v) is 5.54. The van der Waals surface area contributed by atoms with E-state index in [0.29, 0.717) is 5.92 Å². The van der Waals surface area contributed by atoms with E-state index in [4.69, 9.17) is 5.11 Å². The number of carboxylic acid groups (broad SMARTS) is 1. The lowest BCUT2D eigenvalue weighted by Gasteiger charge is -2.14. The number of carboxylic acids is 1. The van der Waals surface area contributed by atoms with Crippen LogP contribution in [0.15, 0.2) is 17.6 Å². The van der Waals surface area contributed by atoms with Crippen molar-refractivity contribution in [2.24, 2.45) is 5.92 Å². The Labute approximate surface area is 111 Å². The average molecular weight is 269 g/mol. The Morgan fingerprint density at radius 1 is 1.67 bits per heavy atom. The van der Waals surface area contributed by atoms with Crippen LogP contribution in [0.3, 0.4) is 0 Å². The Hall–Kier alpha value is -1.01. The number of rotatable bonds is 6. The van der Waals surface area contributed by atoms with Gasteiger partial charge in [0.1, 0.15) is 0 Å². The maximum Gasteiger partial charge on any atom is 0.313 e. The summed E-state index contributed by atoms with van der Waals surface area (Å²) in [7, 11) is 0. The van der Waals surface area contributed by atoms with Crippen molar-refractivity contribution in [3.8, 4) is 0 Å². The second-order valence-electron chi connectivity index (χ2n) is 4.59. The first kappa shape index (κ1) is 13.4. The van der Waals surface area contributed by atoms with Crippen LogP contribution < -0.4 is 0 Å². The summed E-state index contributed by atoms with van der Waals surface area (Å²) in [4.78, 5) is 17.2. The molecule has 5 nitrogen and oxygen atoms in total. The second kappa shape index (κ2) is 6.24. The molecule has 0 spiro atoms. The van der Waals surface area contributed by atoms with E-state index in [1.54, 1.807) is 6.20 Å². The molecule has 1 aromatic heterocycles. The molecule has 0 aliphatic carbocycles. The minimum atomic E-state index is -0.799. The van der Waals surface area contributed by atoms with Crippen LogP contribution in [0.1, 0.15) is 13.3 Å². The van der Waals surface area contributed by atoms with Crippen LogP contribution in [-0.2, 0) is 11.3 Å². The van der Waals surface area contributed by atoms with Gasteiger partial charge in [0.2, 0.25) is 0 Å².